The summed E-state index contributed by atoms with van der Waals surface area (Å²) in [6.45, 7) is 6.46. The van der Waals surface area contributed by atoms with E-state index in [1.54, 1.807) is 7.05 Å². The van der Waals surface area contributed by atoms with E-state index in [4.69, 9.17) is 4.99 Å². The van der Waals surface area contributed by atoms with Gasteiger partial charge in [0, 0.05) is 25.7 Å². The van der Waals surface area contributed by atoms with Crippen LogP contribution in [-0.4, -0.2) is 50.0 Å². The van der Waals surface area contributed by atoms with Crippen molar-refractivity contribution >= 4 is 35.8 Å². The number of hydrogen-bond acceptors (Lipinski definition) is 3. The molecular formula is C24H34IN5O. The summed E-state index contributed by atoms with van der Waals surface area (Å²) in [6.07, 6.45) is 2.53. The molecule has 2 aromatic rings. The molecule has 1 unspecified atom stereocenters. The lowest BCUT2D eigenvalue weighted by Crippen LogP contribution is -2.42. The minimum atomic E-state index is -0.0813. The van der Waals surface area contributed by atoms with Crippen molar-refractivity contribution in [3.05, 3.63) is 71.3 Å². The third-order valence-corrected chi connectivity index (χ3v) is 5.41. The molecule has 0 aliphatic carbocycles. The van der Waals surface area contributed by atoms with Crippen LogP contribution < -0.4 is 16.0 Å². The highest BCUT2D eigenvalue weighted by molar-refractivity contribution is 14.0. The van der Waals surface area contributed by atoms with Crippen molar-refractivity contribution in [2.75, 3.05) is 33.2 Å². The Balaban J connectivity index is 0.00000341. The molecule has 6 nitrogen and oxygen atoms in total. The Morgan fingerprint density at radius 3 is 2.48 bits per heavy atom. The van der Waals surface area contributed by atoms with Gasteiger partial charge in [-0.05, 0) is 56.1 Å². The quantitative estimate of drug-likeness (QED) is 0.275. The summed E-state index contributed by atoms with van der Waals surface area (Å²) in [5.74, 6) is 0.713. The average molecular weight is 535 g/mol. The number of guanidine groups is 1. The summed E-state index contributed by atoms with van der Waals surface area (Å²) in [7, 11) is 1.64. The van der Waals surface area contributed by atoms with Crippen molar-refractivity contribution in [2.24, 2.45) is 4.99 Å². The first kappa shape index (κ1) is 25.1. The fraction of sp³-hybridized carbons (Fsp3) is 0.417. The zero-order chi connectivity index (χ0) is 21.2. The highest BCUT2D eigenvalue weighted by Crippen LogP contribution is 2.24. The second-order valence-corrected chi connectivity index (χ2v) is 7.53. The first-order valence-corrected chi connectivity index (χ1v) is 10.8. The van der Waals surface area contributed by atoms with Gasteiger partial charge >= 0.3 is 0 Å². The molecule has 1 aliphatic rings. The van der Waals surface area contributed by atoms with Gasteiger partial charge in [-0.3, -0.25) is 9.69 Å². The van der Waals surface area contributed by atoms with Crippen molar-refractivity contribution in [1.82, 2.24) is 20.9 Å². The molecule has 3 N–H and O–H groups in total. The zero-order valence-corrected chi connectivity index (χ0v) is 20.8. The standard InChI is InChI=1S/C24H33N5O.HI/c1-3-26-24(27-17-19-10-9-13-21(16-19)23(30)25-2)28-18-22(29-14-7-8-15-29)20-11-5-4-6-12-20;/h4-6,9-13,16,22H,3,7-8,14-15,17-18H2,1-2H3,(H,25,30)(H2,26,27,28);1H. The number of rotatable bonds is 8. The number of amides is 1. The van der Waals surface area contributed by atoms with E-state index < -0.39 is 0 Å². The van der Waals surface area contributed by atoms with E-state index in [0.29, 0.717) is 18.2 Å². The minimum absolute atomic E-state index is 0. The van der Waals surface area contributed by atoms with Gasteiger partial charge in [-0.25, -0.2) is 4.99 Å². The third kappa shape index (κ3) is 7.50. The minimum Gasteiger partial charge on any atom is -0.357 e. The van der Waals surface area contributed by atoms with Gasteiger partial charge in [-0.15, -0.1) is 24.0 Å². The average Bonchev–Trinajstić information content (AvgIpc) is 3.32. The summed E-state index contributed by atoms with van der Waals surface area (Å²) >= 11 is 0. The Morgan fingerprint density at radius 1 is 1.06 bits per heavy atom. The van der Waals surface area contributed by atoms with Gasteiger partial charge in [0.05, 0.1) is 12.6 Å². The third-order valence-electron chi connectivity index (χ3n) is 5.41. The number of likely N-dealkylation sites (tertiary alicyclic amines) is 1. The Bertz CT molecular complexity index is 837. The molecule has 0 aromatic heterocycles. The SMILES string of the molecule is CCNC(=NCc1cccc(C(=O)NC)c1)NCC(c1ccccc1)N1CCCC1.I. The first-order chi connectivity index (χ1) is 14.7. The van der Waals surface area contributed by atoms with Crippen LogP contribution in [0.15, 0.2) is 59.6 Å². The van der Waals surface area contributed by atoms with Crippen LogP contribution >= 0.6 is 24.0 Å². The Kier molecular flexibility index (Phi) is 10.8. The van der Waals surface area contributed by atoms with E-state index in [2.05, 4.69) is 58.1 Å². The molecule has 7 heteroatoms. The normalized spacial score (nSPS) is 15.1. The number of hydrogen-bond donors (Lipinski definition) is 3. The van der Waals surface area contributed by atoms with Crippen molar-refractivity contribution in [2.45, 2.75) is 32.4 Å². The number of nitrogens with zero attached hydrogens (tertiary/aromatic N) is 2. The largest absolute Gasteiger partial charge is 0.357 e. The lowest BCUT2D eigenvalue weighted by molar-refractivity contribution is 0.0963. The van der Waals surface area contributed by atoms with Gasteiger partial charge < -0.3 is 16.0 Å². The first-order valence-electron chi connectivity index (χ1n) is 10.8. The lowest BCUT2D eigenvalue weighted by atomic mass is 10.1. The fourth-order valence-corrected chi connectivity index (χ4v) is 3.85. The number of aliphatic imine (C=N–C) groups is 1. The van der Waals surface area contributed by atoms with E-state index in [1.807, 2.05) is 24.3 Å². The summed E-state index contributed by atoms with van der Waals surface area (Å²) in [5.41, 5.74) is 3.00. The van der Waals surface area contributed by atoms with Crippen LogP contribution in [0.2, 0.25) is 0 Å². The van der Waals surface area contributed by atoms with Crippen molar-refractivity contribution in [3.63, 3.8) is 0 Å². The molecule has 0 radical (unpaired) electrons. The van der Waals surface area contributed by atoms with Crippen LogP contribution in [-0.2, 0) is 6.54 Å². The van der Waals surface area contributed by atoms with E-state index >= 15 is 0 Å². The predicted octanol–water partition coefficient (Wildman–Crippen LogP) is 3.56. The van der Waals surface area contributed by atoms with Crippen LogP contribution in [0.3, 0.4) is 0 Å². The molecule has 2 aromatic carbocycles. The topological polar surface area (TPSA) is 68.8 Å². The lowest BCUT2D eigenvalue weighted by Gasteiger charge is -2.29. The second-order valence-electron chi connectivity index (χ2n) is 7.53. The summed E-state index contributed by atoms with van der Waals surface area (Å²) < 4.78 is 0. The van der Waals surface area contributed by atoms with Gasteiger partial charge in [0.15, 0.2) is 5.96 Å². The van der Waals surface area contributed by atoms with E-state index in [9.17, 15) is 4.79 Å². The predicted molar refractivity (Wildman–Crippen MR) is 138 cm³/mol. The number of benzene rings is 2. The molecule has 1 aliphatic heterocycles. The maximum absolute atomic E-state index is 11.9. The summed E-state index contributed by atoms with van der Waals surface area (Å²) in [4.78, 5) is 19.2. The number of carbonyl (C=O) groups is 1. The van der Waals surface area contributed by atoms with E-state index in [1.165, 1.54) is 18.4 Å². The van der Waals surface area contributed by atoms with Gasteiger partial charge in [-0.2, -0.15) is 0 Å². The molecule has 0 saturated carbocycles. The van der Waals surface area contributed by atoms with Crippen molar-refractivity contribution < 1.29 is 4.79 Å². The molecule has 1 heterocycles. The Morgan fingerprint density at radius 2 is 1.81 bits per heavy atom. The van der Waals surface area contributed by atoms with Crippen molar-refractivity contribution in [1.29, 1.82) is 0 Å². The Labute approximate surface area is 202 Å². The number of nitrogens with one attached hydrogen (secondary N) is 3. The molecule has 3 rings (SSSR count). The molecule has 1 atom stereocenters. The van der Waals surface area contributed by atoms with E-state index in [-0.39, 0.29) is 29.9 Å². The summed E-state index contributed by atoms with van der Waals surface area (Å²) in [5, 5.41) is 9.54. The molecule has 31 heavy (non-hydrogen) atoms. The van der Waals surface area contributed by atoms with Crippen molar-refractivity contribution in [3.8, 4) is 0 Å². The van der Waals surface area contributed by atoms with Crippen LogP contribution in [0.1, 0.15) is 47.3 Å². The smallest absolute Gasteiger partial charge is 0.251 e. The van der Waals surface area contributed by atoms with Crippen LogP contribution in [0, 0.1) is 0 Å². The van der Waals surface area contributed by atoms with Crippen LogP contribution in [0.4, 0.5) is 0 Å². The molecular weight excluding hydrogens is 501 g/mol. The Hall–Kier alpha value is -2.13. The monoisotopic (exact) mass is 535 g/mol. The maximum Gasteiger partial charge on any atom is 0.251 e. The molecule has 0 bridgehead atoms. The maximum atomic E-state index is 11.9. The molecule has 1 saturated heterocycles. The van der Waals surface area contributed by atoms with E-state index in [0.717, 1.165) is 37.7 Å². The number of carbonyl (C=O) groups excluding carboxylic acids is 1. The number of halogens is 1. The highest BCUT2D eigenvalue weighted by atomic mass is 127. The van der Waals surface area contributed by atoms with Crippen LogP contribution in [0.5, 0.6) is 0 Å². The molecule has 168 valence electrons. The van der Waals surface area contributed by atoms with Gasteiger partial charge in [-0.1, -0.05) is 42.5 Å². The van der Waals surface area contributed by atoms with Gasteiger partial charge in [0.1, 0.15) is 0 Å². The van der Waals surface area contributed by atoms with Gasteiger partial charge in [0.2, 0.25) is 0 Å². The fourth-order valence-electron chi connectivity index (χ4n) is 3.85. The van der Waals surface area contributed by atoms with Gasteiger partial charge in [0.25, 0.3) is 5.91 Å². The summed E-state index contributed by atoms with van der Waals surface area (Å²) in [6, 6.07) is 18.6. The second kappa shape index (κ2) is 13.3. The molecule has 1 amide bonds. The molecule has 0 spiro atoms. The van der Waals surface area contributed by atoms with Crippen LogP contribution in [0.25, 0.3) is 0 Å². The molecule has 1 fully saturated rings. The highest BCUT2D eigenvalue weighted by Gasteiger charge is 2.23. The zero-order valence-electron chi connectivity index (χ0n) is 18.4.